The van der Waals surface area contributed by atoms with Gasteiger partial charge < -0.3 is 5.11 Å². The van der Waals surface area contributed by atoms with Crippen molar-refractivity contribution in [1.29, 1.82) is 0 Å². The van der Waals surface area contributed by atoms with Crippen molar-refractivity contribution in [3.8, 4) is 0 Å². The Morgan fingerprint density at radius 2 is 1.38 bits per heavy atom. The van der Waals surface area contributed by atoms with Crippen LogP contribution in [0.1, 0.15) is 49.2 Å². The van der Waals surface area contributed by atoms with Gasteiger partial charge in [-0.15, -0.1) is 0 Å². The van der Waals surface area contributed by atoms with Gasteiger partial charge in [-0.05, 0) is 37.1 Å². The molecule has 0 saturated heterocycles. The highest BCUT2D eigenvalue weighted by Gasteiger charge is 2.07. The van der Waals surface area contributed by atoms with Crippen LogP contribution in [0.4, 0.5) is 0 Å². The van der Waals surface area contributed by atoms with E-state index in [0.717, 1.165) is 11.1 Å². The summed E-state index contributed by atoms with van der Waals surface area (Å²) in [4.78, 5) is 10.6. The number of aryl methyl sites for hydroxylation is 2. The SMILES string of the molecule is CC.CC.Cc1cc(C(=O)O)cc(C)c1Cl. The standard InChI is InChI=1S/C9H9ClO2.2C2H6/c1-5-3-7(9(11)12)4-6(2)8(5)10;2*1-2/h3-4H,1-2H3,(H,11,12);2*1-2H3. The van der Waals surface area contributed by atoms with Crippen LogP contribution in [0.5, 0.6) is 0 Å². The molecule has 0 aromatic heterocycles. The first kappa shape index (κ1) is 17.4. The number of carboxylic acids is 1. The molecule has 0 amide bonds. The molecular weight excluding hydrogens is 224 g/mol. The van der Waals surface area contributed by atoms with Crippen molar-refractivity contribution in [3.63, 3.8) is 0 Å². The van der Waals surface area contributed by atoms with Crippen LogP contribution in [0.25, 0.3) is 0 Å². The van der Waals surface area contributed by atoms with E-state index in [2.05, 4.69) is 0 Å². The Hall–Kier alpha value is -1.02. The molecule has 0 radical (unpaired) electrons. The van der Waals surface area contributed by atoms with Crippen molar-refractivity contribution < 1.29 is 9.90 Å². The van der Waals surface area contributed by atoms with Crippen LogP contribution in [-0.4, -0.2) is 11.1 Å². The zero-order valence-corrected chi connectivity index (χ0v) is 11.6. The minimum absolute atomic E-state index is 0.286. The highest BCUT2D eigenvalue weighted by atomic mass is 35.5. The molecule has 3 heteroatoms. The van der Waals surface area contributed by atoms with Gasteiger partial charge in [0, 0.05) is 5.02 Å². The number of carboxylic acid groups (broad SMARTS) is 1. The number of hydrogen-bond acceptors (Lipinski definition) is 1. The lowest BCUT2D eigenvalue weighted by molar-refractivity contribution is 0.0696. The monoisotopic (exact) mass is 244 g/mol. The van der Waals surface area contributed by atoms with E-state index in [9.17, 15) is 4.79 Å². The summed E-state index contributed by atoms with van der Waals surface area (Å²) in [7, 11) is 0. The Morgan fingerprint density at radius 3 is 1.62 bits per heavy atom. The van der Waals surface area contributed by atoms with Crippen molar-refractivity contribution in [2.75, 3.05) is 0 Å². The van der Waals surface area contributed by atoms with Gasteiger partial charge in [0.05, 0.1) is 5.56 Å². The first-order chi connectivity index (χ1) is 7.52. The minimum atomic E-state index is -0.919. The van der Waals surface area contributed by atoms with Crippen LogP contribution in [0.2, 0.25) is 5.02 Å². The number of carbonyl (C=O) groups is 1. The molecule has 0 unspecified atom stereocenters. The molecule has 16 heavy (non-hydrogen) atoms. The van der Waals surface area contributed by atoms with Crippen LogP contribution in [0.3, 0.4) is 0 Å². The molecule has 0 heterocycles. The summed E-state index contributed by atoms with van der Waals surface area (Å²) in [6, 6.07) is 3.13. The minimum Gasteiger partial charge on any atom is -0.478 e. The summed E-state index contributed by atoms with van der Waals surface area (Å²) in [5.41, 5.74) is 1.89. The van der Waals surface area contributed by atoms with Crippen LogP contribution in [0, 0.1) is 13.8 Å². The van der Waals surface area contributed by atoms with Crippen LogP contribution in [-0.2, 0) is 0 Å². The fourth-order valence-electron chi connectivity index (χ4n) is 1.07. The Labute approximate surface area is 103 Å². The summed E-state index contributed by atoms with van der Waals surface area (Å²) in [6.07, 6.45) is 0. The van der Waals surface area contributed by atoms with Gasteiger partial charge in [-0.3, -0.25) is 0 Å². The first-order valence-electron chi connectivity index (χ1n) is 5.52. The molecule has 0 aliphatic heterocycles. The largest absolute Gasteiger partial charge is 0.478 e. The van der Waals surface area contributed by atoms with Gasteiger partial charge in [-0.2, -0.15) is 0 Å². The van der Waals surface area contributed by atoms with E-state index in [4.69, 9.17) is 16.7 Å². The molecule has 1 aromatic rings. The number of aromatic carboxylic acids is 1. The Kier molecular flexibility index (Phi) is 10.0. The average molecular weight is 245 g/mol. The summed E-state index contributed by atoms with van der Waals surface area (Å²) < 4.78 is 0. The predicted octanol–water partition coefficient (Wildman–Crippen LogP) is 4.71. The van der Waals surface area contributed by atoms with Crippen molar-refractivity contribution >= 4 is 17.6 Å². The molecule has 0 aliphatic carbocycles. The Bertz CT molecular complexity index is 310. The molecule has 0 bridgehead atoms. The molecule has 0 atom stereocenters. The van der Waals surface area contributed by atoms with Gasteiger partial charge in [0.2, 0.25) is 0 Å². The van der Waals surface area contributed by atoms with Crippen LogP contribution >= 0.6 is 11.6 Å². The van der Waals surface area contributed by atoms with Crippen molar-refractivity contribution in [3.05, 3.63) is 33.8 Å². The number of hydrogen-bond donors (Lipinski definition) is 1. The summed E-state index contributed by atoms with van der Waals surface area (Å²) in [5.74, 6) is -0.919. The molecule has 0 aliphatic rings. The van der Waals surface area contributed by atoms with E-state index in [0.29, 0.717) is 5.02 Å². The Morgan fingerprint density at radius 1 is 1.06 bits per heavy atom. The maximum Gasteiger partial charge on any atom is 0.335 e. The van der Waals surface area contributed by atoms with E-state index >= 15 is 0 Å². The highest BCUT2D eigenvalue weighted by molar-refractivity contribution is 6.32. The fourth-order valence-corrected chi connectivity index (χ4v) is 1.18. The van der Waals surface area contributed by atoms with Crippen molar-refractivity contribution in [2.45, 2.75) is 41.5 Å². The molecule has 0 saturated carbocycles. The van der Waals surface area contributed by atoms with Gasteiger partial charge in [-0.1, -0.05) is 39.3 Å². The smallest absolute Gasteiger partial charge is 0.335 e. The lowest BCUT2D eigenvalue weighted by Gasteiger charge is -2.03. The van der Waals surface area contributed by atoms with Gasteiger partial charge >= 0.3 is 5.97 Å². The zero-order valence-electron chi connectivity index (χ0n) is 10.9. The van der Waals surface area contributed by atoms with Gasteiger partial charge in [-0.25, -0.2) is 4.79 Å². The second-order valence-corrected chi connectivity index (χ2v) is 3.11. The van der Waals surface area contributed by atoms with Gasteiger partial charge in [0.25, 0.3) is 0 Å². The first-order valence-corrected chi connectivity index (χ1v) is 5.90. The number of rotatable bonds is 1. The van der Waals surface area contributed by atoms with Crippen molar-refractivity contribution in [2.24, 2.45) is 0 Å². The van der Waals surface area contributed by atoms with Crippen LogP contribution < -0.4 is 0 Å². The van der Waals surface area contributed by atoms with Crippen LogP contribution in [0.15, 0.2) is 12.1 Å². The van der Waals surface area contributed by atoms with E-state index in [-0.39, 0.29) is 5.56 Å². The maximum atomic E-state index is 10.6. The predicted molar refractivity (Wildman–Crippen MR) is 70.6 cm³/mol. The molecule has 92 valence electrons. The molecular formula is C13H21ClO2. The lowest BCUT2D eigenvalue weighted by atomic mass is 10.1. The molecule has 1 N–H and O–H groups in total. The summed E-state index contributed by atoms with van der Waals surface area (Å²) in [6.45, 7) is 11.6. The normalized spacial score (nSPS) is 8.19. The van der Waals surface area contributed by atoms with Gasteiger partial charge in [0.15, 0.2) is 0 Å². The number of benzene rings is 1. The highest BCUT2D eigenvalue weighted by Crippen LogP contribution is 2.21. The van der Waals surface area contributed by atoms with E-state index in [1.54, 1.807) is 26.0 Å². The van der Waals surface area contributed by atoms with Gasteiger partial charge in [0.1, 0.15) is 0 Å². The summed E-state index contributed by atoms with van der Waals surface area (Å²) in [5, 5.41) is 9.32. The molecule has 1 aromatic carbocycles. The number of halogens is 1. The maximum absolute atomic E-state index is 10.6. The molecule has 0 fully saturated rings. The summed E-state index contributed by atoms with van der Waals surface area (Å²) >= 11 is 5.86. The molecule has 1 rings (SSSR count). The fraction of sp³-hybridized carbons (Fsp3) is 0.462. The second kappa shape index (κ2) is 9.22. The zero-order chi connectivity index (χ0) is 13.3. The third-order valence-corrected chi connectivity index (χ3v) is 2.28. The second-order valence-electron chi connectivity index (χ2n) is 2.73. The quantitative estimate of drug-likeness (QED) is 0.777. The molecule has 2 nitrogen and oxygen atoms in total. The van der Waals surface area contributed by atoms with E-state index < -0.39 is 5.97 Å². The lowest BCUT2D eigenvalue weighted by Crippen LogP contribution is -1.97. The van der Waals surface area contributed by atoms with E-state index in [1.807, 2.05) is 27.7 Å². The molecule has 0 spiro atoms. The Balaban J connectivity index is 0. The third kappa shape index (κ3) is 5.17. The van der Waals surface area contributed by atoms with Crippen molar-refractivity contribution in [1.82, 2.24) is 0 Å². The third-order valence-electron chi connectivity index (χ3n) is 1.68. The topological polar surface area (TPSA) is 37.3 Å². The van der Waals surface area contributed by atoms with E-state index in [1.165, 1.54) is 0 Å². The average Bonchev–Trinajstić information content (AvgIpc) is 2.30.